The van der Waals surface area contributed by atoms with Crippen molar-refractivity contribution < 1.29 is 18.0 Å². The molecule has 2 heterocycles. The number of rotatable bonds is 4. The third-order valence-corrected chi connectivity index (χ3v) is 3.58. The molecule has 0 aromatic carbocycles. The van der Waals surface area contributed by atoms with Gasteiger partial charge in [-0.15, -0.1) is 0 Å². The molecule has 0 saturated carbocycles. The summed E-state index contributed by atoms with van der Waals surface area (Å²) in [6.45, 7) is 0.155. The maximum absolute atomic E-state index is 12.3. The Morgan fingerprint density at radius 3 is 2.48 bits per heavy atom. The zero-order chi connectivity index (χ0) is 15.3. The van der Waals surface area contributed by atoms with Crippen molar-refractivity contribution in [3.8, 4) is 0 Å². The standard InChI is InChI=1S/C14H18F3N3O/c15-14(16,17)10-20-7-3-12(4-8-20)13(21)19-9-11-1-5-18-6-2-11/h1-2,5-6,12H,3-4,7-10H2,(H,19,21). The molecule has 0 spiro atoms. The van der Waals surface area contributed by atoms with Crippen LogP contribution in [0.3, 0.4) is 0 Å². The van der Waals surface area contributed by atoms with Gasteiger partial charge in [0.2, 0.25) is 5.91 Å². The lowest BCUT2D eigenvalue weighted by atomic mass is 9.96. The summed E-state index contributed by atoms with van der Waals surface area (Å²) >= 11 is 0. The Kier molecular flexibility index (Phi) is 5.17. The van der Waals surface area contributed by atoms with Crippen LogP contribution in [-0.2, 0) is 11.3 Å². The summed E-state index contributed by atoms with van der Waals surface area (Å²) in [4.78, 5) is 17.2. The molecule has 1 aliphatic rings. The smallest absolute Gasteiger partial charge is 0.352 e. The lowest BCUT2D eigenvalue weighted by Gasteiger charge is -2.31. The summed E-state index contributed by atoms with van der Waals surface area (Å²) in [7, 11) is 0. The molecule has 1 N–H and O–H groups in total. The number of hydrogen-bond donors (Lipinski definition) is 1. The van der Waals surface area contributed by atoms with Crippen molar-refractivity contribution in [3.63, 3.8) is 0 Å². The van der Waals surface area contributed by atoms with E-state index in [4.69, 9.17) is 0 Å². The van der Waals surface area contributed by atoms with E-state index in [-0.39, 0.29) is 11.8 Å². The molecule has 1 amide bonds. The molecule has 0 radical (unpaired) electrons. The van der Waals surface area contributed by atoms with Crippen molar-refractivity contribution in [2.75, 3.05) is 19.6 Å². The molecule has 2 rings (SSSR count). The van der Waals surface area contributed by atoms with Gasteiger partial charge in [-0.1, -0.05) is 0 Å². The van der Waals surface area contributed by atoms with Gasteiger partial charge < -0.3 is 5.32 Å². The number of carbonyl (C=O) groups excluding carboxylic acids is 1. The fourth-order valence-electron chi connectivity index (χ4n) is 2.44. The number of pyridine rings is 1. The number of nitrogens with one attached hydrogen (secondary N) is 1. The van der Waals surface area contributed by atoms with Gasteiger partial charge >= 0.3 is 6.18 Å². The summed E-state index contributed by atoms with van der Waals surface area (Å²) in [6.07, 6.45) is 0.0706. The SMILES string of the molecule is O=C(NCc1ccncc1)C1CCN(CC(F)(F)F)CC1. The van der Waals surface area contributed by atoms with E-state index in [1.165, 1.54) is 4.90 Å². The first-order valence-corrected chi connectivity index (χ1v) is 6.90. The maximum Gasteiger partial charge on any atom is 0.401 e. The monoisotopic (exact) mass is 301 g/mol. The number of nitrogens with zero attached hydrogens (tertiary/aromatic N) is 2. The van der Waals surface area contributed by atoms with Gasteiger partial charge in [-0.2, -0.15) is 13.2 Å². The molecule has 1 aromatic rings. The Morgan fingerprint density at radius 2 is 1.90 bits per heavy atom. The van der Waals surface area contributed by atoms with E-state index in [0.29, 0.717) is 32.5 Å². The van der Waals surface area contributed by atoms with E-state index in [1.54, 1.807) is 12.4 Å². The van der Waals surface area contributed by atoms with Crippen LogP contribution in [0.2, 0.25) is 0 Å². The second kappa shape index (κ2) is 6.89. The quantitative estimate of drug-likeness (QED) is 0.925. The minimum atomic E-state index is -4.17. The van der Waals surface area contributed by atoms with Gasteiger partial charge in [0.25, 0.3) is 0 Å². The average molecular weight is 301 g/mol. The third kappa shape index (κ3) is 5.34. The van der Waals surface area contributed by atoms with Crippen molar-refractivity contribution in [2.45, 2.75) is 25.6 Å². The summed E-state index contributed by atoms with van der Waals surface area (Å²) < 4.78 is 36.8. The summed E-state index contributed by atoms with van der Waals surface area (Å²) in [5.41, 5.74) is 0.952. The van der Waals surface area contributed by atoms with Gasteiger partial charge in [0, 0.05) is 24.9 Å². The molecule has 1 aliphatic heterocycles. The Hall–Kier alpha value is -1.63. The van der Waals surface area contributed by atoms with Crippen LogP contribution in [-0.4, -0.2) is 41.6 Å². The molecule has 0 atom stereocenters. The van der Waals surface area contributed by atoms with E-state index < -0.39 is 12.7 Å². The molecule has 0 bridgehead atoms. The van der Waals surface area contributed by atoms with Crippen molar-refractivity contribution in [3.05, 3.63) is 30.1 Å². The molecule has 1 saturated heterocycles. The third-order valence-electron chi connectivity index (χ3n) is 3.58. The number of aromatic nitrogens is 1. The molecule has 116 valence electrons. The molecule has 0 aliphatic carbocycles. The van der Waals surface area contributed by atoms with E-state index in [2.05, 4.69) is 10.3 Å². The molecule has 7 heteroatoms. The summed E-state index contributed by atoms with van der Waals surface area (Å²) in [5, 5.41) is 2.82. The molecular weight excluding hydrogens is 283 g/mol. The normalized spacial score (nSPS) is 17.7. The van der Waals surface area contributed by atoms with Gasteiger partial charge in [0.1, 0.15) is 0 Å². The van der Waals surface area contributed by atoms with Crippen molar-refractivity contribution in [2.24, 2.45) is 5.92 Å². The topological polar surface area (TPSA) is 45.2 Å². The Labute approximate surface area is 121 Å². The fourth-order valence-corrected chi connectivity index (χ4v) is 2.44. The van der Waals surface area contributed by atoms with Crippen LogP contribution in [0, 0.1) is 5.92 Å². The van der Waals surface area contributed by atoms with E-state index in [9.17, 15) is 18.0 Å². The van der Waals surface area contributed by atoms with Crippen LogP contribution in [0.1, 0.15) is 18.4 Å². The molecule has 4 nitrogen and oxygen atoms in total. The van der Waals surface area contributed by atoms with Gasteiger partial charge in [0.05, 0.1) is 6.54 Å². The predicted octanol–water partition coefficient (Wildman–Crippen LogP) is 1.97. The van der Waals surface area contributed by atoms with Crippen LogP contribution in [0.25, 0.3) is 0 Å². The van der Waals surface area contributed by atoms with Gasteiger partial charge in [-0.3, -0.25) is 14.7 Å². The van der Waals surface area contributed by atoms with Crippen LogP contribution >= 0.6 is 0 Å². The van der Waals surface area contributed by atoms with Crippen molar-refractivity contribution in [1.29, 1.82) is 0 Å². The molecule has 1 aromatic heterocycles. The van der Waals surface area contributed by atoms with E-state index >= 15 is 0 Å². The average Bonchev–Trinajstić information content (AvgIpc) is 2.45. The second-order valence-electron chi connectivity index (χ2n) is 5.24. The molecular formula is C14H18F3N3O. The number of piperidine rings is 1. The first-order chi connectivity index (χ1) is 9.94. The zero-order valence-electron chi connectivity index (χ0n) is 11.6. The highest BCUT2D eigenvalue weighted by Crippen LogP contribution is 2.22. The number of hydrogen-bond acceptors (Lipinski definition) is 3. The number of halogens is 3. The first kappa shape index (κ1) is 15.8. The second-order valence-corrected chi connectivity index (χ2v) is 5.24. The van der Waals surface area contributed by atoms with Gasteiger partial charge in [-0.25, -0.2) is 0 Å². The lowest BCUT2D eigenvalue weighted by Crippen LogP contribution is -2.43. The minimum Gasteiger partial charge on any atom is -0.352 e. The maximum atomic E-state index is 12.3. The Morgan fingerprint density at radius 1 is 1.29 bits per heavy atom. The number of carbonyl (C=O) groups is 1. The highest BCUT2D eigenvalue weighted by molar-refractivity contribution is 5.78. The van der Waals surface area contributed by atoms with Crippen LogP contribution in [0.4, 0.5) is 13.2 Å². The van der Waals surface area contributed by atoms with Crippen LogP contribution < -0.4 is 5.32 Å². The highest BCUT2D eigenvalue weighted by Gasteiger charge is 2.33. The summed E-state index contributed by atoms with van der Waals surface area (Å²) in [6, 6.07) is 3.62. The molecule has 1 fully saturated rings. The molecule has 0 unspecified atom stereocenters. The van der Waals surface area contributed by atoms with Crippen molar-refractivity contribution in [1.82, 2.24) is 15.2 Å². The summed E-state index contributed by atoms with van der Waals surface area (Å²) in [5.74, 6) is -0.283. The Balaban J connectivity index is 1.73. The minimum absolute atomic E-state index is 0.0847. The van der Waals surface area contributed by atoms with E-state index in [0.717, 1.165) is 5.56 Å². The lowest BCUT2D eigenvalue weighted by molar-refractivity contribution is -0.149. The van der Waals surface area contributed by atoms with Crippen LogP contribution in [0.15, 0.2) is 24.5 Å². The Bertz CT molecular complexity index is 456. The number of amides is 1. The van der Waals surface area contributed by atoms with E-state index in [1.807, 2.05) is 12.1 Å². The zero-order valence-corrected chi connectivity index (χ0v) is 11.6. The predicted molar refractivity (Wildman–Crippen MR) is 71.3 cm³/mol. The van der Waals surface area contributed by atoms with Gasteiger partial charge in [-0.05, 0) is 43.6 Å². The highest BCUT2D eigenvalue weighted by atomic mass is 19.4. The first-order valence-electron chi connectivity index (χ1n) is 6.90. The van der Waals surface area contributed by atoms with Crippen LogP contribution in [0.5, 0.6) is 0 Å². The van der Waals surface area contributed by atoms with Gasteiger partial charge in [0.15, 0.2) is 0 Å². The largest absolute Gasteiger partial charge is 0.401 e. The fraction of sp³-hybridized carbons (Fsp3) is 0.571. The number of alkyl halides is 3. The molecule has 21 heavy (non-hydrogen) atoms. The van der Waals surface area contributed by atoms with Crippen molar-refractivity contribution >= 4 is 5.91 Å². The number of likely N-dealkylation sites (tertiary alicyclic amines) is 1.